The van der Waals surface area contributed by atoms with Gasteiger partial charge in [0.1, 0.15) is 0 Å². The van der Waals surface area contributed by atoms with E-state index in [1.54, 1.807) is 0 Å². The van der Waals surface area contributed by atoms with Crippen LogP contribution >= 0.6 is 24.0 Å². The number of hydrogen-bond donors (Lipinski definition) is 2. The van der Waals surface area contributed by atoms with Crippen molar-refractivity contribution < 1.29 is 4.79 Å². The van der Waals surface area contributed by atoms with Crippen LogP contribution in [0.4, 0.5) is 0 Å². The maximum atomic E-state index is 12.2. The zero-order chi connectivity index (χ0) is 15.4. The number of carbonyl (C=O) groups excluding carboxylic acids is 1. The van der Waals surface area contributed by atoms with Gasteiger partial charge >= 0.3 is 0 Å². The Morgan fingerprint density at radius 1 is 1.22 bits per heavy atom. The average molecular weight is 357 g/mol. The molecular formula is C18H26Cl2N2O. The summed E-state index contributed by atoms with van der Waals surface area (Å²) in [4.78, 5) is 12.2. The number of benzene rings is 1. The molecule has 5 heteroatoms. The van der Waals surface area contributed by atoms with Crippen molar-refractivity contribution in [3.63, 3.8) is 0 Å². The van der Waals surface area contributed by atoms with E-state index in [0.29, 0.717) is 12.5 Å². The molecule has 0 bridgehead atoms. The second-order valence-corrected chi connectivity index (χ2v) is 7.20. The van der Waals surface area contributed by atoms with Crippen LogP contribution in [0.15, 0.2) is 24.3 Å². The number of amides is 1. The lowest BCUT2D eigenvalue weighted by Gasteiger charge is -2.30. The highest BCUT2D eigenvalue weighted by Gasteiger charge is 2.36. The number of carbonyl (C=O) groups is 1. The van der Waals surface area contributed by atoms with Crippen LogP contribution in [0, 0.1) is 0 Å². The summed E-state index contributed by atoms with van der Waals surface area (Å²) in [6, 6.07) is 8.54. The molecule has 1 saturated heterocycles. The van der Waals surface area contributed by atoms with Crippen molar-refractivity contribution in [1.82, 2.24) is 10.6 Å². The second kappa shape index (κ2) is 8.36. The van der Waals surface area contributed by atoms with Crippen LogP contribution in [0.1, 0.15) is 50.5 Å². The molecule has 3 rings (SSSR count). The molecule has 128 valence electrons. The van der Waals surface area contributed by atoms with Crippen molar-refractivity contribution in [2.45, 2.75) is 56.4 Å². The lowest BCUT2D eigenvalue weighted by atomic mass is 9.79. The Morgan fingerprint density at radius 2 is 1.91 bits per heavy atom. The van der Waals surface area contributed by atoms with Gasteiger partial charge in [0.15, 0.2) is 0 Å². The molecule has 1 aliphatic heterocycles. The van der Waals surface area contributed by atoms with Crippen LogP contribution in [-0.4, -0.2) is 25.0 Å². The van der Waals surface area contributed by atoms with Crippen molar-refractivity contribution in [2.75, 3.05) is 13.1 Å². The molecule has 1 unspecified atom stereocenters. The molecule has 1 aromatic carbocycles. The highest BCUT2D eigenvalue weighted by molar-refractivity contribution is 6.30. The first kappa shape index (κ1) is 18.6. The predicted molar refractivity (Wildman–Crippen MR) is 97.5 cm³/mol. The Balaban J connectivity index is 0.00000192. The Morgan fingerprint density at radius 3 is 2.52 bits per heavy atom. The fraction of sp³-hybridized carbons (Fsp3) is 0.611. The van der Waals surface area contributed by atoms with Crippen LogP contribution in [0.5, 0.6) is 0 Å². The van der Waals surface area contributed by atoms with Crippen molar-refractivity contribution in [2.24, 2.45) is 0 Å². The molecule has 2 N–H and O–H groups in total. The zero-order valence-corrected chi connectivity index (χ0v) is 15.0. The molecule has 1 amide bonds. The number of rotatable bonds is 5. The van der Waals surface area contributed by atoms with Crippen molar-refractivity contribution in [1.29, 1.82) is 0 Å². The average Bonchev–Trinajstić information content (AvgIpc) is 3.18. The van der Waals surface area contributed by atoms with Gasteiger partial charge in [-0.05, 0) is 49.9 Å². The Kier molecular flexibility index (Phi) is 6.75. The van der Waals surface area contributed by atoms with E-state index in [1.807, 2.05) is 12.1 Å². The van der Waals surface area contributed by atoms with E-state index in [2.05, 4.69) is 22.8 Å². The third-order valence-corrected chi connectivity index (χ3v) is 5.49. The maximum absolute atomic E-state index is 12.2. The molecule has 1 heterocycles. The third kappa shape index (κ3) is 4.62. The normalized spacial score (nSPS) is 22.6. The Bertz CT molecular complexity index is 506. The lowest BCUT2D eigenvalue weighted by molar-refractivity contribution is -0.121. The second-order valence-electron chi connectivity index (χ2n) is 6.77. The summed E-state index contributed by atoms with van der Waals surface area (Å²) in [6.07, 6.45) is 7.69. The van der Waals surface area contributed by atoms with Crippen molar-refractivity contribution >= 4 is 29.9 Å². The molecule has 1 atom stereocenters. The molecule has 3 nitrogen and oxygen atoms in total. The molecule has 0 aromatic heterocycles. The largest absolute Gasteiger partial charge is 0.355 e. The summed E-state index contributed by atoms with van der Waals surface area (Å²) >= 11 is 6.01. The van der Waals surface area contributed by atoms with Crippen molar-refractivity contribution in [3.05, 3.63) is 34.9 Å². The number of hydrogen-bond acceptors (Lipinski definition) is 2. The Labute approximate surface area is 150 Å². The first-order valence-corrected chi connectivity index (χ1v) is 8.82. The van der Waals surface area contributed by atoms with Gasteiger partial charge in [-0.1, -0.05) is 36.6 Å². The summed E-state index contributed by atoms with van der Waals surface area (Å²) in [7, 11) is 0. The molecule has 23 heavy (non-hydrogen) atoms. The van der Waals surface area contributed by atoms with Gasteiger partial charge in [-0.3, -0.25) is 4.79 Å². The fourth-order valence-electron chi connectivity index (χ4n) is 3.92. The topological polar surface area (TPSA) is 41.1 Å². The standard InChI is InChI=1S/C18H25ClN2O.ClH/c19-15-7-5-14(6-8-15)18(9-1-2-10-18)13-21-17(22)12-16-4-3-11-20-16;/h5-8,16,20H,1-4,9-13H2,(H,21,22);1H. The summed E-state index contributed by atoms with van der Waals surface area (Å²) in [5, 5.41) is 7.35. The van der Waals surface area contributed by atoms with Gasteiger partial charge in [0.25, 0.3) is 0 Å². The molecule has 2 fully saturated rings. The van der Waals surface area contributed by atoms with Gasteiger partial charge < -0.3 is 10.6 Å². The smallest absolute Gasteiger partial charge is 0.221 e. The van der Waals surface area contributed by atoms with E-state index in [9.17, 15) is 4.79 Å². The zero-order valence-electron chi connectivity index (χ0n) is 13.4. The highest BCUT2D eigenvalue weighted by atomic mass is 35.5. The van der Waals surface area contributed by atoms with Gasteiger partial charge in [0.2, 0.25) is 5.91 Å². The third-order valence-electron chi connectivity index (χ3n) is 5.24. The molecule has 2 aliphatic rings. The van der Waals surface area contributed by atoms with Gasteiger partial charge in [-0.25, -0.2) is 0 Å². The Hall–Kier alpha value is -0.770. The quantitative estimate of drug-likeness (QED) is 0.841. The fourth-order valence-corrected chi connectivity index (χ4v) is 4.04. The van der Waals surface area contributed by atoms with Crippen LogP contribution in [0.25, 0.3) is 0 Å². The molecular weight excluding hydrogens is 331 g/mol. The molecule has 0 radical (unpaired) electrons. The summed E-state index contributed by atoms with van der Waals surface area (Å²) in [5.74, 6) is 0.180. The molecule has 1 saturated carbocycles. The minimum atomic E-state index is 0. The first-order valence-electron chi connectivity index (χ1n) is 8.44. The van der Waals surface area contributed by atoms with Gasteiger partial charge in [0, 0.05) is 29.4 Å². The van der Waals surface area contributed by atoms with Gasteiger partial charge in [-0.2, -0.15) is 0 Å². The molecule has 1 aliphatic carbocycles. The van der Waals surface area contributed by atoms with E-state index < -0.39 is 0 Å². The summed E-state index contributed by atoms with van der Waals surface area (Å²) in [6.45, 7) is 1.80. The summed E-state index contributed by atoms with van der Waals surface area (Å²) in [5.41, 5.74) is 1.41. The van der Waals surface area contributed by atoms with Crippen molar-refractivity contribution in [3.8, 4) is 0 Å². The van der Waals surface area contributed by atoms with E-state index in [-0.39, 0.29) is 23.7 Å². The predicted octanol–water partition coefficient (Wildman–Crippen LogP) is 3.83. The maximum Gasteiger partial charge on any atom is 0.221 e. The molecule has 0 spiro atoms. The van der Waals surface area contributed by atoms with E-state index >= 15 is 0 Å². The van der Waals surface area contributed by atoms with Crippen LogP contribution in [0.2, 0.25) is 5.02 Å². The highest BCUT2D eigenvalue weighted by Crippen LogP contribution is 2.40. The van der Waals surface area contributed by atoms with E-state index in [0.717, 1.165) is 37.4 Å². The van der Waals surface area contributed by atoms with Crippen LogP contribution in [0.3, 0.4) is 0 Å². The number of nitrogens with one attached hydrogen (secondary N) is 2. The van der Waals surface area contributed by atoms with Crippen LogP contribution < -0.4 is 10.6 Å². The first-order chi connectivity index (χ1) is 10.7. The van der Waals surface area contributed by atoms with Gasteiger partial charge in [0.05, 0.1) is 0 Å². The van der Waals surface area contributed by atoms with E-state index in [4.69, 9.17) is 11.6 Å². The summed E-state index contributed by atoms with van der Waals surface area (Å²) < 4.78 is 0. The van der Waals surface area contributed by atoms with E-state index in [1.165, 1.54) is 24.8 Å². The lowest BCUT2D eigenvalue weighted by Crippen LogP contribution is -2.40. The van der Waals surface area contributed by atoms with Gasteiger partial charge in [-0.15, -0.1) is 12.4 Å². The minimum absolute atomic E-state index is 0. The molecule has 1 aromatic rings. The monoisotopic (exact) mass is 356 g/mol. The SMILES string of the molecule is Cl.O=C(CC1CCCN1)NCC1(c2ccc(Cl)cc2)CCCC1. The minimum Gasteiger partial charge on any atom is -0.355 e. The van der Waals surface area contributed by atoms with Crippen LogP contribution in [-0.2, 0) is 10.2 Å². The number of halogens is 2.